The summed E-state index contributed by atoms with van der Waals surface area (Å²) in [6.45, 7) is 1.75. The van der Waals surface area contributed by atoms with Crippen LogP contribution in [0, 0.1) is 17.0 Å². The molecule has 3 nitrogen and oxygen atoms in total. The normalized spacial score (nSPS) is 10.3. The summed E-state index contributed by atoms with van der Waals surface area (Å²) >= 11 is 1.61. The summed E-state index contributed by atoms with van der Waals surface area (Å²) in [5, 5.41) is 10.8. The topological polar surface area (TPSA) is 43.1 Å². The Hall–Kier alpha value is -1.81. The van der Waals surface area contributed by atoms with Gasteiger partial charge in [-0.1, -0.05) is 36.4 Å². The van der Waals surface area contributed by atoms with Crippen LogP contribution in [0.4, 0.5) is 5.69 Å². The average molecular weight is 259 g/mol. The molecule has 0 saturated heterocycles. The Morgan fingerprint density at radius 2 is 1.89 bits per heavy atom. The lowest BCUT2D eigenvalue weighted by molar-refractivity contribution is -0.385. The van der Waals surface area contributed by atoms with Crippen LogP contribution < -0.4 is 0 Å². The second-order valence-electron chi connectivity index (χ2n) is 3.98. The predicted molar refractivity (Wildman–Crippen MR) is 73.8 cm³/mol. The molecule has 4 heteroatoms. The molecule has 2 aromatic rings. The van der Waals surface area contributed by atoms with Gasteiger partial charge in [-0.15, -0.1) is 11.8 Å². The average Bonchev–Trinajstić information content (AvgIpc) is 2.38. The second kappa shape index (κ2) is 5.69. The molecule has 0 radical (unpaired) electrons. The van der Waals surface area contributed by atoms with Crippen LogP contribution in [0.2, 0.25) is 0 Å². The number of hydrogen-bond donors (Lipinski definition) is 0. The van der Waals surface area contributed by atoms with Gasteiger partial charge < -0.3 is 0 Å². The molecule has 0 atom stereocenters. The zero-order valence-corrected chi connectivity index (χ0v) is 10.8. The highest BCUT2D eigenvalue weighted by atomic mass is 32.2. The van der Waals surface area contributed by atoms with Crippen molar-refractivity contribution in [2.45, 2.75) is 17.6 Å². The number of benzene rings is 2. The molecule has 0 aromatic heterocycles. The molecule has 0 N–H and O–H groups in total. The monoisotopic (exact) mass is 259 g/mol. The molecule has 0 amide bonds. The van der Waals surface area contributed by atoms with Crippen LogP contribution in [0.3, 0.4) is 0 Å². The van der Waals surface area contributed by atoms with Gasteiger partial charge in [-0.25, -0.2) is 0 Å². The largest absolute Gasteiger partial charge is 0.273 e. The summed E-state index contributed by atoms with van der Waals surface area (Å²) in [6.07, 6.45) is 0. The summed E-state index contributed by atoms with van der Waals surface area (Å²) in [4.78, 5) is 11.4. The van der Waals surface area contributed by atoms with Gasteiger partial charge >= 0.3 is 0 Å². The van der Waals surface area contributed by atoms with Crippen LogP contribution in [0.5, 0.6) is 0 Å². The third-order valence-corrected chi connectivity index (χ3v) is 3.69. The van der Waals surface area contributed by atoms with E-state index < -0.39 is 0 Å². The van der Waals surface area contributed by atoms with Crippen LogP contribution in [0.15, 0.2) is 53.4 Å². The Labute approximate surface area is 110 Å². The van der Waals surface area contributed by atoms with E-state index in [1.165, 1.54) is 5.56 Å². The lowest BCUT2D eigenvalue weighted by Gasteiger charge is -2.03. The van der Waals surface area contributed by atoms with E-state index in [0.29, 0.717) is 5.56 Å². The highest BCUT2D eigenvalue weighted by Gasteiger charge is 2.10. The molecule has 0 aliphatic carbocycles. The van der Waals surface area contributed by atoms with E-state index in [2.05, 4.69) is 12.1 Å². The third kappa shape index (κ3) is 3.11. The van der Waals surface area contributed by atoms with Gasteiger partial charge in [0.2, 0.25) is 0 Å². The minimum atomic E-state index is -0.331. The third-order valence-electron chi connectivity index (χ3n) is 2.63. The summed E-state index contributed by atoms with van der Waals surface area (Å²) in [6, 6.07) is 15.4. The zero-order valence-electron chi connectivity index (χ0n) is 10.00. The zero-order chi connectivity index (χ0) is 13.0. The minimum absolute atomic E-state index is 0.188. The van der Waals surface area contributed by atoms with Crippen molar-refractivity contribution in [2.75, 3.05) is 0 Å². The van der Waals surface area contributed by atoms with Crippen molar-refractivity contribution >= 4 is 17.4 Å². The van der Waals surface area contributed by atoms with Crippen molar-refractivity contribution < 1.29 is 4.92 Å². The molecule has 0 fully saturated rings. The fourth-order valence-corrected chi connectivity index (χ4v) is 2.50. The van der Waals surface area contributed by atoms with Gasteiger partial charge in [-0.3, -0.25) is 10.1 Å². The fraction of sp³-hybridized carbons (Fsp3) is 0.143. The summed E-state index contributed by atoms with van der Waals surface area (Å²) in [7, 11) is 0. The van der Waals surface area contributed by atoms with Gasteiger partial charge in [0.15, 0.2) is 0 Å². The smallest absolute Gasteiger partial charge is 0.258 e. The molecule has 2 aromatic carbocycles. The molecule has 0 spiro atoms. The van der Waals surface area contributed by atoms with Gasteiger partial charge in [-0.2, -0.15) is 0 Å². The molecule has 0 heterocycles. The van der Waals surface area contributed by atoms with Crippen LogP contribution in [0.25, 0.3) is 0 Å². The lowest BCUT2D eigenvalue weighted by atomic mass is 10.2. The second-order valence-corrected chi connectivity index (χ2v) is 5.03. The Morgan fingerprint density at radius 3 is 2.56 bits per heavy atom. The molecular formula is C14H13NO2S. The van der Waals surface area contributed by atoms with Crippen LogP contribution in [-0.4, -0.2) is 4.92 Å². The van der Waals surface area contributed by atoms with Crippen LogP contribution >= 0.6 is 11.8 Å². The Kier molecular flexibility index (Phi) is 3.99. The van der Waals surface area contributed by atoms with E-state index in [-0.39, 0.29) is 10.6 Å². The first-order chi connectivity index (χ1) is 8.66. The van der Waals surface area contributed by atoms with Gasteiger partial charge in [0, 0.05) is 22.3 Å². The quantitative estimate of drug-likeness (QED) is 0.469. The van der Waals surface area contributed by atoms with Crippen LogP contribution in [-0.2, 0) is 5.75 Å². The number of thioether (sulfide) groups is 1. The van der Waals surface area contributed by atoms with E-state index in [4.69, 9.17) is 0 Å². The van der Waals surface area contributed by atoms with E-state index in [1.54, 1.807) is 30.8 Å². The lowest BCUT2D eigenvalue weighted by Crippen LogP contribution is -1.91. The number of hydrogen-bond acceptors (Lipinski definition) is 3. The summed E-state index contributed by atoms with van der Waals surface area (Å²) < 4.78 is 0. The first-order valence-corrected chi connectivity index (χ1v) is 6.57. The summed E-state index contributed by atoms with van der Waals surface area (Å²) in [5.41, 5.74) is 2.10. The maximum atomic E-state index is 10.8. The molecular weight excluding hydrogens is 246 g/mol. The van der Waals surface area contributed by atoms with Crippen molar-refractivity contribution in [3.05, 3.63) is 69.8 Å². The van der Waals surface area contributed by atoms with E-state index in [0.717, 1.165) is 10.6 Å². The van der Waals surface area contributed by atoms with Crippen molar-refractivity contribution in [1.82, 2.24) is 0 Å². The molecule has 0 aliphatic rings. The Morgan fingerprint density at radius 1 is 1.17 bits per heavy atom. The number of nitrogens with zero attached hydrogens (tertiary/aromatic N) is 1. The van der Waals surface area contributed by atoms with Gasteiger partial charge in [-0.05, 0) is 18.6 Å². The molecule has 0 saturated carbocycles. The van der Waals surface area contributed by atoms with Gasteiger partial charge in [0.1, 0.15) is 0 Å². The first kappa shape index (κ1) is 12.6. The minimum Gasteiger partial charge on any atom is -0.258 e. The number of rotatable bonds is 4. The van der Waals surface area contributed by atoms with Gasteiger partial charge in [0.25, 0.3) is 5.69 Å². The van der Waals surface area contributed by atoms with Crippen molar-refractivity contribution in [2.24, 2.45) is 0 Å². The SMILES string of the molecule is Cc1ccc(SCc2ccccc2)cc1[N+](=O)[O-]. The summed E-state index contributed by atoms with van der Waals surface area (Å²) in [5.74, 6) is 0.820. The molecule has 0 aliphatic heterocycles. The maximum absolute atomic E-state index is 10.8. The predicted octanol–water partition coefficient (Wildman–Crippen LogP) is 4.20. The van der Waals surface area contributed by atoms with E-state index in [9.17, 15) is 10.1 Å². The van der Waals surface area contributed by atoms with Crippen LogP contribution in [0.1, 0.15) is 11.1 Å². The molecule has 0 bridgehead atoms. The van der Waals surface area contributed by atoms with Gasteiger partial charge in [0.05, 0.1) is 4.92 Å². The van der Waals surface area contributed by atoms with E-state index in [1.807, 2.05) is 24.3 Å². The Bertz CT molecular complexity index is 555. The standard InChI is InChI=1S/C14H13NO2S/c1-11-7-8-13(9-14(11)15(16)17)18-10-12-5-3-2-4-6-12/h2-9H,10H2,1H3. The highest BCUT2D eigenvalue weighted by molar-refractivity contribution is 7.98. The molecule has 0 unspecified atom stereocenters. The van der Waals surface area contributed by atoms with Crippen molar-refractivity contribution in [3.8, 4) is 0 Å². The molecule has 18 heavy (non-hydrogen) atoms. The van der Waals surface area contributed by atoms with E-state index >= 15 is 0 Å². The Balaban J connectivity index is 2.11. The number of aryl methyl sites for hydroxylation is 1. The molecule has 92 valence electrons. The fourth-order valence-electron chi connectivity index (χ4n) is 1.62. The number of nitro groups is 1. The molecule has 2 rings (SSSR count). The number of nitro benzene ring substituents is 1. The highest BCUT2D eigenvalue weighted by Crippen LogP contribution is 2.28. The van der Waals surface area contributed by atoms with Crippen molar-refractivity contribution in [3.63, 3.8) is 0 Å². The first-order valence-electron chi connectivity index (χ1n) is 5.58. The van der Waals surface area contributed by atoms with Crippen molar-refractivity contribution in [1.29, 1.82) is 0 Å². The maximum Gasteiger partial charge on any atom is 0.273 e.